The molecule has 0 aliphatic carbocycles. The first-order valence-corrected chi connectivity index (χ1v) is 7.67. The summed E-state index contributed by atoms with van der Waals surface area (Å²) in [6.45, 7) is 2.54. The number of likely N-dealkylation sites (tertiary alicyclic amines) is 1. The van der Waals surface area contributed by atoms with E-state index in [0.29, 0.717) is 23.7 Å². The number of amides is 1. The fourth-order valence-electron chi connectivity index (χ4n) is 2.71. The van der Waals surface area contributed by atoms with Gasteiger partial charge in [0.15, 0.2) is 0 Å². The van der Waals surface area contributed by atoms with E-state index in [9.17, 15) is 9.90 Å². The van der Waals surface area contributed by atoms with Gasteiger partial charge in [0.2, 0.25) is 5.91 Å². The number of nitrogens with one attached hydrogen (secondary N) is 1. The van der Waals surface area contributed by atoms with Crippen LogP contribution >= 0.6 is 11.6 Å². The highest BCUT2D eigenvalue weighted by atomic mass is 35.5. The van der Waals surface area contributed by atoms with Crippen molar-refractivity contribution < 1.29 is 9.90 Å². The number of carbonyl (C=O) groups is 1. The van der Waals surface area contributed by atoms with Gasteiger partial charge in [-0.25, -0.2) is 0 Å². The lowest BCUT2D eigenvalue weighted by atomic mass is 10.00. The molecule has 0 radical (unpaired) electrons. The van der Waals surface area contributed by atoms with E-state index in [1.807, 2.05) is 25.1 Å². The first kappa shape index (κ1) is 15.7. The van der Waals surface area contributed by atoms with E-state index in [1.165, 1.54) is 6.20 Å². The SMILES string of the molecule is C/C(=C\C(=O)N1CCC(O)(c2cn[nH]n2)C1)c1cccc(Cl)c1. The molecule has 3 rings (SSSR count). The van der Waals surface area contributed by atoms with Crippen molar-refractivity contribution in [3.05, 3.63) is 52.8 Å². The average molecular weight is 333 g/mol. The molecule has 1 fully saturated rings. The normalized spacial score (nSPS) is 21.7. The lowest BCUT2D eigenvalue weighted by Gasteiger charge is -2.20. The maximum absolute atomic E-state index is 12.4. The lowest BCUT2D eigenvalue weighted by Crippen LogP contribution is -2.34. The molecule has 1 atom stereocenters. The van der Waals surface area contributed by atoms with Crippen LogP contribution in [-0.2, 0) is 10.4 Å². The Morgan fingerprint density at radius 1 is 1.52 bits per heavy atom. The molecule has 1 aliphatic heterocycles. The summed E-state index contributed by atoms with van der Waals surface area (Å²) < 4.78 is 0. The van der Waals surface area contributed by atoms with Crippen LogP contribution < -0.4 is 0 Å². The molecule has 23 heavy (non-hydrogen) atoms. The molecule has 0 spiro atoms. The monoisotopic (exact) mass is 332 g/mol. The average Bonchev–Trinajstić information content (AvgIpc) is 3.17. The van der Waals surface area contributed by atoms with Crippen molar-refractivity contribution in [2.45, 2.75) is 18.9 Å². The highest BCUT2D eigenvalue weighted by Crippen LogP contribution is 2.30. The fraction of sp³-hybridized carbons (Fsp3) is 0.312. The summed E-state index contributed by atoms with van der Waals surface area (Å²) in [4.78, 5) is 14.0. The maximum atomic E-state index is 12.4. The predicted molar refractivity (Wildman–Crippen MR) is 86.6 cm³/mol. The van der Waals surface area contributed by atoms with Crippen molar-refractivity contribution in [2.75, 3.05) is 13.1 Å². The topological polar surface area (TPSA) is 82.1 Å². The predicted octanol–water partition coefficient (Wildman–Crippen LogP) is 1.98. The van der Waals surface area contributed by atoms with Crippen LogP contribution in [0.1, 0.15) is 24.6 Å². The molecule has 7 heteroatoms. The number of hydrogen-bond donors (Lipinski definition) is 2. The van der Waals surface area contributed by atoms with Crippen LogP contribution in [0.2, 0.25) is 5.02 Å². The van der Waals surface area contributed by atoms with Gasteiger partial charge in [0, 0.05) is 24.1 Å². The number of allylic oxidation sites excluding steroid dienone is 1. The first-order chi connectivity index (χ1) is 11.0. The van der Waals surface area contributed by atoms with Crippen molar-refractivity contribution in [3.63, 3.8) is 0 Å². The van der Waals surface area contributed by atoms with E-state index >= 15 is 0 Å². The first-order valence-electron chi connectivity index (χ1n) is 7.30. The van der Waals surface area contributed by atoms with Crippen LogP contribution in [-0.4, -0.2) is 44.4 Å². The minimum Gasteiger partial charge on any atom is -0.381 e. The summed E-state index contributed by atoms with van der Waals surface area (Å²) in [5.74, 6) is -0.137. The Balaban J connectivity index is 1.73. The van der Waals surface area contributed by atoms with Crippen molar-refractivity contribution in [1.29, 1.82) is 0 Å². The Morgan fingerprint density at radius 3 is 3.04 bits per heavy atom. The summed E-state index contributed by atoms with van der Waals surface area (Å²) in [6, 6.07) is 7.36. The van der Waals surface area contributed by atoms with Crippen LogP contribution in [0.5, 0.6) is 0 Å². The van der Waals surface area contributed by atoms with Crippen molar-refractivity contribution in [3.8, 4) is 0 Å². The molecule has 1 aromatic heterocycles. The summed E-state index contributed by atoms with van der Waals surface area (Å²) in [7, 11) is 0. The minimum absolute atomic E-state index is 0.137. The molecule has 1 unspecified atom stereocenters. The largest absolute Gasteiger partial charge is 0.381 e. The lowest BCUT2D eigenvalue weighted by molar-refractivity contribution is -0.126. The molecule has 1 amide bonds. The van der Waals surface area contributed by atoms with Gasteiger partial charge in [-0.05, 0) is 30.2 Å². The molecule has 2 N–H and O–H groups in total. The second-order valence-electron chi connectivity index (χ2n) is 5.73. The van der Waals surface area contributed by atoms with E-state index < -0.39 is 5.60 Å². The van der Waals surface area contributed by atoms with Gasteiger partial charge in [-0.1, -0.05) is 23.7 Å². The van der Waals surface area contributed by atoms with Gasteiger partial charge in [-0.3, -0.25) is 4.79 Å². The number of rotatable bonds is 3. The summed E-state index contributed by atoms with van der Waals surface area (Å²) in [5, 5.41) is 21.4. The molecule has 2 heterocycles. The number of H-pyrrole nitrogens is 1. The number of aromatic amines is 1. The molecule has 2 aromatic rings. The summed E-state index contributed by atoms with van der Waals surface area (Å²) in [5.41, 5.74) is 1.05. The van der Waals surface area contributed by atoms with Gasteiger partial charge in [0.05, 0.1) is 12.7 Å². The third-order valence-electron chi connectivity index (χ3n) is 4.07. The molecule has 120 valence electrons. The Bertz CT molecular complexity index is 744. The van der Waals surface area contributed by atoms with Crippen LogP contribution in [0.15, 0.2) is 36.5 Å². The van der Waals surface area contributed by atoms with Gasteiger partial charge >= 0.3 is 0 Å². The minimum atomic E-state index is -1.14. The van der Waals surface area contributed by atoms with Gasteiger partial charge in [0.1, 0.15) is 11.3 Å². The van der Waals surface area contributed by atoms with E-state index in [1.54, 1.807) is 17.0 Å². The number of aliphatic hydroxyl groups is 1. The van der Waals surface area contributed by atoms with Gasteiger partial charge < -0.3 is 10.0 Å². The summed E-state index contributed by atoms with van der Waals surface area (Å²) >= 11 is 5.98. The standard InChI is InChI=1S/C16H17ClN4O2/c1-11(12-3-2-4-13(17)8-12)7-15(22)21-6-5-16(23,10-21)14-9-18-20-19-14/h2-4,7-9,23H,5-6,10H2,1H3,(H,18,19,20)/b11-7+. The molecule has 6 nitrogen and oxygen atoms in total. The molecule has 1 aromatic carbocycles. The van der Waals surface area contributed by atoms with Gasteiger partial charge in [-0.15, -0.1) is 0 Å². The van der Waals surface area contributed by atoms with Crippen molar-refractivity contribution in [2.24, 2.45) is 0 Å². The van der Waals surface area contributed by atoms with Crippen LogP contribution in [0, 0.1) is 0 Å². The Labute approximate surface area is 138 Å². The highest BCUT2D eigenvalue weighted by molar-refractivity contribution is 6.30. The zero-order valence-corrected chi connectivity index (χ0v) is 13.4. The van der Waals surface area contributed by atoms with E-state index in [2.05, 4.69) is 15.4 Å². The number of halogens is 1. The van der Waals surface area contributed by atoms with Crippen LogP contribution in [0.25, 0.3) is 5.57 Å². The van der Waals surface area contributed by atoms with E-state index in [0.717, 1.165) is 11.1 Å². The van der Waals surface area contributed by atoms with E-state index in [4.69, 9.17) is 11.6 Å². The Morgan fingerprint density at radius 2 is 2.35 bits per heavy atom. The second-order valence-corrected chi connectivity index (χ2v) is 6.17. The third-order valence-corrected chi connectivity index (χ3v) is 4.31. The van der Waals surface area contributed by atoms with E-state index in [-0.39, 0.29) is 12.5 Å². The molecule has 1 saturated heterocycles. The van der Waals surface area contributed by atoms with Crippen LogP contribution in [0.4, 0.5) is 0 Å². The number of nitrogens with zero attached hydrogens (tertiary/aromatic N) is 3. The van der Waals surface area contributed by atoms with Crippen molar-refractivity contribution >= 4 is 23.1 Å². The number of aromatic nitrogens is 3. The number of β-amino-alcohol motifs (C(OH)–C–C–N with tert-alkyl or cyclic N) is 1. The second kappa shape index (κ2) is 6.14. The maximum Gasteiger partial charge on any atom is 0.246 e. The van der Waals surface area contributed by atoms with Crippen LogP contribution in [0.3, 0.4) is 0 Å². The zero-order chi connectivity index (χ0) is 16.4. The van der Waals surface area contributed by atoms with Crippen molar-refractivity contribution in [1.82, 2.24) is 20.3 Å². The summed E-state index contributed by atoms with van der Waals surface area (Å²) in [6.07, 6.45) is 3.50. The fourth-order valence-corrected chi connectivity index (χ4v) is 2.90. The van der Waals surface area contributed by atoms with Gasteiger partial charge in [0.25, 0.3) is 0 Å². The molecule has 0 bridgehead atoms. The zero-order valence-electron chi connectivity index (χ0n) is 12.7. The number of carbonyl (C=O) groups excluding carboxylic acids is 1. The quantitative estimate of drug-likeness (QED) is 0.842. The molecular formula is C16H17ClN4O2. The van der Waals surface area contributed by atoms with Gasteiger partial charge in [-0.2, -0.15) is 15.4 Å². The molecular weight excluding hydrogens is 316 g/mol. The highest BCUT2D eigenvalue weighted by Gasteiger charge is 2.41. The third kappa shape index (κ3) is 3.28. The molecule has 0 saturated carbocycles. The number of benzene rings is 1. The Kier molecular flexibility index (Phi) is 4.19. The molecule has 1 aliphatic rings. The number of hydrogen-bond acceptors (Lipinski definition) is 4. The Hall–Kier alpha value is -2.18. The smallest absolute Gasteiger partial charge is 0.246 e.